The molecule has 0 saturated heterocycles. The SMILES string of the molecule is Cc1ccccc1NC(=O)Nc1ccc(C(=O)C(C)(C)NCCCCC(CC(=O)O)NC(=O)CC(C)C)cc1. The normalized spacial score (nSPS) is 12.1. The third kappa shape index (κ3) is 11.3. The molecule has 0 aliphatic heterocycles. The lowest BCUT2D eigenvalue weighted by Gasteiger charge is -2.25. The summed E-state index contributed by atoms with van der Waals surface area (Å²) in [6.45, 7) is 10.00. The van der Waals surface area contributed by atoms with Crippen LogP contribution in [0.4, 0.5) is 16.2 Å². The maximum atomic E-state index is 13.1. The Labute approximate surface area is 231 Å². The second kappa shape index (κ2) is 15.0. The number of aryl methyl sites for hydroxylation is 1. The van der Waals surface area contributed by atoms with Crippen molar-refractivity contribution in [2.45, 2.75) is 78.3 Å². The van der Waals surface area contributed by atoms with Crippen molar-refractivity contribution in [3.05, 3.63) is 59.7 Å². The molecule has 3 amide bonds. The molecule has 0 spiro atoms. The van der Waals surface area contributed by atoms with Gasteiger partial charge in [0, 0.05) is 29.4 Å². The van der Waals surface area contributed by atoms with Gasteiger partial charge in [0.05, 0.1) is 12.0 Å². The van der Waals surface area contributed by atoms with Crippen molar-refractivity contribution >= 4 is 35.1 Å². The van der Waals surface area contributed by atoms with E-state index in [1.807, 2.05) is 58.9 Å². The van der Waals surface area contributed by atoms with Crippen molar-refractivity contribution in [2.24, 2.45) is 5.92 Å². The van der Waals surface area contributed by atoms with Gasteiger partial charge in [-0.15, -0.1) is 0 Å². The Morgan fingerprint density at radius 1 is 0.897 bits per heavy atom. The van der Waals surface area contributed by atoms with E-state index < -0.39 is 17.6 Å². The zero-order valence-corrected chi connectivity index (χ0v) is 23.6. The first-order valence-electron chi connectivity index (χ1n) is 13.4. The quantitative estimate of drug-likeness (QED) is 0.153. The van der Waals surface area contributed by atoms with E-state index in [0.29, 0.717) is 37.1 Å². The van der Waals surface area contributed by atoms with Crippen LogP contribution in [0.15, 0.2) is 48.5 Å². The van der Waals surface area contributed by atoms with Crippen LogP contribution in [0.1, 0.15) is 75.7 Å². The van der Waals surface area contributed by atoms with E-state index in [4.69, 9.17) is 5.11 Å². The second-order valence-electron chi connectivity index (χ2n) is 10.8. The summed E-state index contributed by atoms with van der Waals surface area (Å²) in [5.41, 5.74) is 1.95. The topological polar surface area (TPSA) is 137 Å². The molecule has 0 fully saturated rings. The molecular formula is C30H42N4O5. The highest BCUT2D eigenvalue weighted by atomic mass is 16.4. The molecule has 2 rings (SSSR count). The smallest absolute Gasteiger partial charge is 0.323 e. The third-order valence-corrected chi connectivity index (χ3v) is 6.29. The van der Waals surface area contributed by atoms with Crippen LogP contribution in [0, 0.1) is 12.8 Å². The summed E-state index contributed by atoms with van der Waals surface area (Å²) < 4.78 is 0. The van der Waals surface area contributed by atoms with E-state index >= 15 is 0 Å². The Balaban J connectivity index is 1.81. The first kappa shape index (κ1) is 31.5. The molecule has 212 valence electrons. The maximum absolute atomic E-state index is 13.1. The first-order chi connectivity index (χ1) is 18.4. The van der Waals surface area contributed by atoms with Gasteiger partial charge in [-0.3, -0.25) is 14.4 Å². The van der Waals surface area contributed by atoms with Gasteiger partial charge in [-0.05, 0) is 82.0 Å². The van der Waals surface area contributed by atoms with Gasteiger partial charge >= 0.3 is 12.0 Å². The van der Waals surface area contributed by atoms with Gasteiger partial charge in [-0.1, -0.05) is 38.5 Å². The molecule has 9 nitrogen and oxygen atoms in total. The Kier molecular flexibility index (Phi) is 12.1. The number of benzene rings is 2. The highest BCUT2D eigenvalue weighted by Gasteiger charge is 2.27. The van der Waals surface area contributed by atoms with E-state index in [2.05, 4.69) is 21.3 Å². The minimum absolute atomic E-state index is 0.0804. The Morgan fingerprint density at radius 3 is 2.18 bits per heavy atom. The molecule has 9 heteroatoms. The molecule has 0 aliphatic rings. The van der Waals surface area contributed by atoms with E-state index in [1.54, 1.807) is 24.3 Å². The fourth-order valence-corrected chi connectivity index (χ4v) is 4.15. The molecular weight excluding hydrogens is 496 g/mol. The van der Waals surface area contributed by atoms with Crippen molar-refractivity contribution in [1.82, 2.24) is 10.6 Å². The van der Waals surface area contributed by atoms with Gasteiger partial charge in [-0.25, -0.2) is 4.79 Å². The molecule has 1 unspecified atom stereocenters. The van der Waals surface area contributed by atoms with E-state index in [1.165, 1.54) is 0 Å². The average molecular weight is 539 g/mol. The van der Waals surface area contributed by atoms with Crippen molar-refractivity contribution in [2.75, 3.05) is 17.2 Å². The van der Waals surface area contributed by atoms with Crippen LogP contribution in [0.2, 0.25) is 0 Å². The first-order valence-corrected chi connectivity index (χ1v) is 13.4. The van der Waals surface area contributed by atoms with Crippen molar-refractivity contribution in [3.8, 4) is 0 Å². The summed E-state index contributed by atoms with van der Waals surface area (Å²) >= 11 is 0. The fourth-order valence-electron chi connectivity index (χ4n) is 4.15. The molecule has 0 aliphatic carbocycles. The standard InChI is InChI=1S/C30H42N4O5/c1-20(2)18-26(35)32-24(19-27(36)37)11-8-9-17-31-30(4,5)28(38)22-13-15-23(16-14-22)33-29(39)34-25-12-7-6-10-21(25)3/h6-7,10,12-16,20,24,31H,8-9,11,17-19H2,1-5H3,(H,32,35)(H,36,37)(H2,33,34,39). The number of ketones is 1. The number of carboxylic acids is 1. The third-order valence-electron chi connectivity index (χ3n) is 6.29. The number of amides is 3. The number of carboxylic acid groups (broad SMARTS) is 1. The fraction of sp³-hybridized carbons (Fsp3) is 0.467. The Morgan fingerprint density at radius 2 is 1.56 bits per heavy atom. The average Bonchev–Trinajstić information content (AvgIpc) is 2.84. The summed E-state index contributed by atoms with van der Waals surface area (Å²) in [6, 6.07) is 13.5. The lowest BCUT2D eigenvalue weighted by atomic mass is 9.92. The van der Waals surface area contributed by atoms with Crippen LogP contribution in [-0.4, -0.2) is 46.9 Å². The molecule has 2 aromatic carbocycles. The number of carbonyl (C=O) groups excluding carboxylic acids is 3. The van der Waals surface area contributed by atoms with Crippen LogP contribution in [0.25, 0.3) is 0 Å². The van der Waals surface area contributed by atoms with Gasteiger partial charge in [0.25, 0.3) is 0 Å². The molecule has 0 radical (unpaired) electrons. The summed E-state index contributed by atoms with van der Waals surface area (Å²) in [5, 5.41) is 20.9. The molecule has 2 aromatic rings. The molecule has 0 heterocycles. The van der Waals surface area contributed by atoms with Crippen LogP contribution in [0.3, 0.4) is 0 Å². The number of Topliss-reactive ketones (excluding diaryl/α,β-unsaturated/α-hetero) is 1. The molecule has 1 atom stereocenters. The number of hydrogen-bond donors (Lipinski definition) is 5. The number of urea groups is 1. The second-order valence-corrected chi connectivity index (χ2v) is 10.8. The molecule has 0 bridgehead atoms. The van der Waals surface area contributed by atoms with Crippen molar-refractivity contribution in [3.63, 3.8) is 0 Å². The minimum atomic E-state index is -0.942. The summed E-state index contributed by atoms with van der Waals surface area (Å²) in [5.74, 6) is -0.949. The van der Waals surface area contributed by atoms with Gasteiger partial charge in [0.2, 0.25) is 5.91 Å². The van der Waals surface area contributed by atoms with Crippen LogP contribution < -0.4 is 21.3 Å². The summed E-state index contributed by atoms with van der Waals surface area (Å²) in [4.78, 5) is 48.7. The number of para-hydroxylation sites is 1. The van der Waals surface area contributed by atoms with E-state index in [-0.39, 0.29) is 30.1 Å². The van der Waals surface area contributed by atoms with Crippen LogP contribution in [0.5, 0.6) is 0 Å². The van der Waals surface area contributed by atoms with Gasteiger partial charge < -0.3 is 26.4 Å². The Hall–Kier alpha value is -3.72. The number of hydrogen-bond acceptors (Lipinski definition) is 5. The number of carbonyl (C=O) groups is 4. The zero-order chi connectivity index (χ0) is 29.0. The number of anilines is 2. The van der Waals surface area contributed by atoms with Crippen LogP contribution >= 0.6 is 0 Å². The summed E-state index contributed by atoms with van der Waals surface area (Å²) in [6.07, 6.45) is 2.25. The van der Waals surface area contributed by atoms with E-state index in [0.717, 1.165) is 17.7 Å². The summed E-state index contributed by atoms with van der Waals surface area (Å²) in [7, 11) is 0. The number of rotatable bonds is 15. The molecule has 39 heavy (non-hydrogen) atoms. The lowest BCUT2D eigenvalue weighted by molar-refractivity contribution is -0.137. The largest absolute Gasteiger partial charge is 0.481 e. The molecule has 0 aromatic heterocycles. The highest BCUT2D eigenvalue weighted by molar-refractivity contribution is 6.04. The predicted octanol–water partition coefficient (Wildman–Crippen LogP) is 5.37. The van der Waals surface area contributed by atoms with E-state index in [9.17, 15) is 19.2 Å². The van der Waals surface area contributed by atoms with Crippen LogP contribution in [-0.2, 0) is 9.59 Å². The number of aliphatic carboxylic acids is 1. The molecule has 5 N–H and O–H groups in total. The monoisotopic (exact) mass is 538 g/mol. The number of nitrogens with one attached hydrogen (secondary N) is 4. The lowest BCUT2D eigenvalue weighted by Crippen LogP contribution is -2.47. The van der Waals surface area contributed by atoms with Gasteiger partial charge in [-0.2, -0.15) is 0 Å². The van der Waals surface area contributed by atoms with Crippen molar-refractivity contribution < 1.29 is 24.3 Å². The Bertz CT molecular complexity index is 1130. The van der Waals surface area contributed by atoms with Gasteiger partial charge in [0.1, 0.15) is 0 Å². The zero-order valence-electron chi connectivity index (χ0n) is 23.6. The predicted molar refractivity (Wildman–Crippen MR) is 154 cm³/mol. The number of unbranched alkanes of at least 4 members (excludes halogenated alkanes) is 1. The highest BCUT2D eigenvalue weighted by Crippen LogP contribution is 2.18. The maximum Gasteiger partial charge on any atom is 0.323 e. The van der Waals surface area contributed by atoms with Crippen molar-refractivity contribution in [1.29, 1.82) is 0 Å². The minimum Gasteiger partial charge on any atom is -0.481 e. The van der Waals surface area contributed by atoms with Gasteiger partial charge in [0.15, 0.2) is 5.78 Å². The molecule has 0 saturated carbocycles.